The van der Waals surface area contributed by atoms with Crippen molar-refractivity contribution in [2.75, 3.05) is 13.1 Å². The van der Waals surface area contributed by atoms with E-state index >= 15 is 0 Å². The summed E-state index contributed by atoms with van der Waals surface area (Å²) < 4.78 is 1.84. The lowest BCUT2D eigenvalue weighted by atomic mass is 9.98. The van der Waals surface area contributed by atoms with Crippen LogP contribution >= 0.6 is 11.3 Å². The van der Waals surface area contributed by atoms with E-state index < -0.39 is 0 Å². The van der Waals surface area contributed by atoms with Crippen LogP contribution in [0, 0.1) is 12.8 Å². The Hall–Kier alpha value is -2.18. The zero-order chi connectivity index (χ0) is 19.7. The molecule has 0 radical (unpaired) electrons. The van der Waals surface area contributed by atoms with E-state index in [0.717, 1.165) is 38.8 Å². The van der Waals surface area contributed by atoms with Gasteiger partial charge in [0.05, 0.1) is 10.6 Å². The summed E-state index contributed by atoms with van der Waals surface area (Å²) in [6, 6.07) is 10.5. The van der Waals surface area contributed by atoms with E-state index in [-0.39, 0.29) is 5.91 Å². The summed E-state index contributed by atoms with van der Waals surface area (Å²) in [5.41, 5.74) is 3.44. The van der Waals surface area contributed by atoms with Crippen molar-refractivity contribution in [2.45, 2.75) is 39.8 Å². The Bertz CT molecular complexity index is 947. The van der Waals surface area contributed by atoms with Crippen LogP contribution in [-0.4, -0.2) is 33.7 Å². The fourth-order valence-corrected chi connectivity index (χ4v) is 4.94. The molecule has 148 valence electrons. The van der Waals surface area contributed by atoms with Gasteiger partial charge in [0.25, 0.3) is 5.91 Å². The van der Waals surface area contributed by atoms with Crippen molar-refractivity contribution in [3.05, 3.63) is 52.0 Å². The third kappa shape index (κ3) is 4.13. The summed E-state index contributed by atoms with van der Waals surface area (Å²) in [5.74, 6) is 0.835. The molecule has 1 aliphatic rings. The topological polar surface area (TPSA) is 50.2 Å². The number of nitrogens with one attached hydrogen (secondary N) is 1. The van der Waals surface area contributed by atoms with Crippen molar-refractivity contribution >= 4 is 27.5 Å². The van der Waals surface area contributed by atoms with Gasteiger partial charge in [-0.15, -0.1) is 11.3 Å². The number of aryl methyl sites for hydroxylation is 2. The Morgan fingerprint density at radius 3 is 2.75 bits per heavy atom. The molecule has 0 unspecified atom stereocenters. The lowest BCUT2D eigenvalue weighted by Gasteiger charge is -2.30. The van der Waals surface area contributed by atoms with Gasteiger partial charge in [0.15, 0.2) is 0 Å². The Morgan fingerprint density at radius 2 is 2.00 bits per heavy atom. The summed E-state index contributed by atoms with van der Waals surface area (Å²) in [6.07, 6.45) is 2.58. The van der Waals surface area contributed by atoms with E-state index in [2.05, 4.69) is 46.5 Å². The number of fused-ring (bicyclic) bond motifs is 1. The van der Waals surface area contributed by atoms with Gasteiger partial charge in [-0.2, -0.15) is 5.10 Å². The molecule has 4 rings (SSSR count). The summed E-state index contributed by atoms with van der Waals surface area (Å²) in [4.78, 5) is 16.9. The van der Waals surface area contributed by atoms with E-state index in [1.54, 1.807) is 0 Å². The van der Waals surface area contributed by atoms with Crippen LogP contribution in [0.5, 0.6) is 0 Å². The van der Waals surface area contributed by atoms with Crippen molar-refractivity contribution in [2.24, 2.45) is 13.0 Å². The second kappa shape index (κ2) is 8.05. The minimum atomic E-state index is -0.0176. The highest BCUT2D eigenvalue weighted by Gasteiger charge is 2.16. The number of hydrogen-bond acceptors (Lipinski definition) is 4. The molecule has 1 saturated heterocycles. The number of nitrogens with zero attached hydrogens (tertiary/aromatic N) is 3. The number of benzene rings is 1. The molecule has 2 aromatic heterocycles. The van der Waals surface area contributed by atoms with E-state index in [9.17, 15) is 4.79 Å². The first-order valence-electron chi connectivity index (χ1n) is 10.0. The van der Waals surface area contributed by atoms with E-state index in [1.807, 2.05) is 24.7 Å². The second-order valence-corrected chi connectivity index (χ2v) is 9.03. The first-order valence-corrected chi connectivity index (χ1v) is 10.8. The normalized spacial score (nSPS) is 16.0. The highest BCUT2D eigenvalue weighted by Crippen LogP contribution is 2.27. The minimum absolute atomic E-state index is 0.0176. The number of thiophene rings is 1. The summed E-state index contributed by atoms with van der Waals surface area (Å²) in [7, 11) is 1.92. The molecule has 5 nitrogen and oxygen atoms in total. The van der Waals surface area contributed by atoms with Crippen LogP contribution in [0.2, 0.25) is 0 Å². The zero-order valence-corrected chi connectivity index (χ0v) is 17.7. The number of likely N-dealkylation sites (tertiary alicyclic amines) is 1. The van der Waals surface area contributed by atoms with E-state index in [4.69, 9.17) is 0 Å². The summed E-state index contributed by atoms with van der Waals surface area (Å²) in [6.45, 7) is 8.23. The van der Waals surface area contributed by atoms with Gasteiger partial charge < -0.3 is 5.32 Å². The van der Waals surface area contributed by atoms with Crippen LogP contribution in [0.4, 0.5) is 0 Å². The Balaban J connectivity index is 1.37. The van der Waals surface area contributed by atoms with Crippen LogP contribution in [0.25, 0.3) is 10.2 Å². The molecule has 3 heterocycles. The first kappa shape index (κ1) is 19.2. The maximum absolute atomic E-state index is 12.6. The molecule has 0 bridgehead atoms. The quantitative estimate of drug-likeness (QED) is 0.706. The smallest absolute Gasteiger partial charge is 0.261 e. The van der Waals surface area contributed by atoms with Crippen molar-refractivity contribution in [3.63, 3.8) is 0 Å². The van der Waals surface area contributed by atoms with E-state index in [0.29, 0.717) is 6.54 Å². The average molecular weight is 397 g/mol. The van der Waals surface area contributed by atoms with Crippen molar-refractivity contribution in [1.82, 2.24) is 20.0 Å². The molecule has 0 saturated carbocycles. The summed E-state index contributed by atoms with van der Waals surface area (Å²) >= 11 is 1.50. The van der Waals surface area contributed by atoms with Gasteiger partial charge in [-0.3, -0.25) is 14.4 Å². The van der Waals surface area contributed by atoms with Crippen LogP contribution < -0.4 is 5.32 Å². The Morgan fingerprint density at radius 1 is 1.25 bits per heavy atom. The number of hydrogen-bond donors (Lipinski definition) is 1. The molecular formula is C22H28N4OS. The molecule has 1 amide bonds. The molecule has 0 spiro atoms. The highest BCUT2D eigenvalue weighted by molar-refractivity contribution is 7.20. The Kier molecular flexibility index (Phi) is 5.51. The fraction of sp³-hybridized carbons (Fsp3) is 0.455. The molecule has 0 atom stereocenters. The van der Waals surface area contributed by atoms with Crippen LogP contribution in [0.15, 0.2) is 30.3 Å². The number of carbonyl (C=O) groups excluding carboxylic acids is 1. The number of rotatable bonds is 5. The largest absolute Gasteiger partial charge is 0.347 e. The standard InChI is InChI=1S/C22H28N4OS/c1-15-7-9-26(10-8-15)14-18-6-4-5-17(11-18)13-23-21(27)20-12-19-16(2)24-25(3)22(19)28-20/h4-6,11-12,15H,7-10,13-14H2,1-3H3,(H,23,27). The predicted octanol–water partition coefficient (Wildman–Crippen LogP) is 4.11. The minimum Gasteiger partial charge on any atom is -0.347 e. The molecular weight excluding hydrogens is 368 g/mol. The highest BCUT2D eigenvalue weighted by atomic mass is 32.1. The van der Waals surface area contributed by atoms with Gasteiger partial charge in [0, 0.05) is 25.5 Å². The summed E-state index contributed by atoms with van der Waals surface area (Å²) in [5, 5.41) is 8.53. The number of piperidine rings is 1. The fourth-order valence-electron chi connectivity index (χ4n) is 3.90. The lowest BCUT2D eigenvalue weighted by molar-refractivity contribution is 0.0955. The van der Waals surface area contributed by atoms with Crippen LogP contribution in [0.3, 0.4) is 0 Å². The number of aromatic nitrogens is 2. The average Bonchev–Trinajstić information content (AvgIpc) is 3.24. The van der Waals surface area contributed by atoms with E-state index in [1.165, 1.54) is 42.8 Å². The molecule has 28 heavy (non-hydrogen) atoms. The van der Waals surface area contributed by atoms with Gasteiger partial charge in [0.1, 0.15) is 4.83 Å². The third-order valence-corrected chi connectivity index (χ3v) is 6.85. The number of amides is 1. The monoisotopic (exact) mass is 396 g/mol. The zero-order valence-electron chi connectivity index (χ0n) is 16.9. The van der Waals surface area contributed by atoms with Gasteiger partial charge in [0.2, 0.25) is 0 Å². The van der Waals surface area contributed by atoms with Gasteiger partial charge >= 0.3 is 0 Å². The van der Waals surface area contributed by atoms with Crippen molar-refractivity contribution in [3.8, 4) is 0 Å². The van der Waals surface area contributed by atoms with Crippen LogP contribution in [-0.2, 0) is 20.1 Å². The third-order valence-electron chi connectivity index (χ3n) is 5.65. The van der Waals surface area contributed by atoms with Crippen molar-refractivity contribution in [1.29, 1.82) is 0 Å². The molecule has 3 aromatic rings. The SMILES string of the molecule is Cc1nn(C)c2sc(C(=O)NCc3cccc(CN4CCC(C)CC4)c3)cc12. The molecule has 1 N–H and O–H groups in total. The molecule has 6 heteroatoms. The van der Waals surface area contributed by atoms with Gasteiger partial charge in [-0.1, -0.05) is 31.2 Å². The van der Waals surface area contributed by atoms with Crippen molar-refractivity contribution < 1.29 is 4.79 Å². The van der Waals surface area contributed by atoms with Gasteiger partial charge in [-0.05, 0) is 56.0 Å². The first-order chi connectivity index (χ1) is 13.5. The second-order valence-electron chi connectivity index (χ2n) is 8.00. The molecule has 0 aliphatic carbocycles. The maximum Gasteiger partial charge on any atom is 0.261 e. The van der Waals surface area contributed by atoms with Crippen LogP contribution in [0.1, 0.15) is 46.3 Å². The van der Waals surface area contributed by atoms with Gasteiger partial charge in [-0.25, -0.2) is 0 Å². The molecule has 1 aromatic carbocycles. The number of carbonyl (C=O) groups is 1. The molecule has 1 fully saturated rings. The lowest BCUT2D eigenvalue weighted by Crippen LogP contribution is -2.32. The Labute approximate surface area is 170 Å². The maximum atomic E-state index is 12.6. The molecule has 1 aliphatic heterocycles. The predicted molar refractivity (Wildman–Crippen MR) is 115 cm³/mol.